The number of ketones is 1. The topological polar surface area (TPSA) is 159 Å². The third-order valence-corrected chi connectivity index (χ3v) is 12.8. The smallest absolute Gasteiger partial charge is 0.408 e. The summed E-state index contributed by atoms with van der Waals surface area (Å²) in [4.78, 5) is 57.1. The molecule has 0 spiro atoms. The number of likely N-dealkylation sites (N-methyl/N-ethyl adjacent to an activating group) is 1. The number of carbonyl (C=O) groups excluding carboxylic acids is 4. The Balaban J connectivity index is 1.61. The highest BCUT2D eigenvalue weighted by molar-refractivity contribution is 6.30. The molecule has 3 aliphatic rings. The van der Waals surface area contributed by atoms with Crippen LogP contribution in [-0.4, -0.2) is 115 Å². The van der Waals surface area contributed by atoms with Crippen molar-refractivity contribution in [1.29, 1.82) is 0 Å². The van der Waals surface area contributed by atoms with Gasteiger partial charge in [0, 0.05) is 22.8 Å². The fraction of sp³-hybridized carbons (Fsp3) is 0.609. The van der Waals surface area contributed by atoms with E-state index >= 15 is 0 Å². The maximum absolute atomic E-state index is 14.6. The van der Waals surface area contributed by atoms with Gasteiger partial charge in [-0.1, -0.05) is 81.8 Å². The first kappa shape index (κ1) is 47.2. The van der Waals surface area contributed by atoms with Crippen molar-refractivity contribution in [3.05, 3.63) is 76.8 Å². The molecule has 0 unspecified atom stereocenters. The van der Waals surface area contributed by atoms with Crippen LogP contribution < -0.4 is 5.32 Å². The van der Waals surface area contributed by atoms with Crippen LogP contribution in [0.5, 0.6) is 0 Å². The summed E-state index contributed by atoms with van der Waals surface area (Å²) in [7, 11) is 3.79. The van der Waals surface area contributed by atoms with E-state index in [-0.39, 0.29) is 37.4 Å². The van der Waals surface area contributed by atoms with Gasteiger partial charge < -0.3 is 43.7 Å². The second-order valence-electron chi connectivity index (χ2n) is 17.4. The average molecular weight is 855 g/mol. The molecule has 14 atom stereocenters. The molecule has 0 saturated carbocycles. The molecule has 0 aromatic heterocycles. The van der Waals surface area contributed by atoms with E-state index in [0.29, 0.717) is 17.0 Å². The molecule has 14 heteroatoms. The number of amides is 1. The molecule has 2 aromatic carbocycles. The third-order valence-electron chi connectivity index (χ3n) is 12.6. The lowest BCUT2D eigenvalue weighted by molar-refractivity contribution is -0.302. The van der Waals surface area contributed by atoms with Gasteiger partial charge in [0.15, 0.2) is 18.0 Å². The molecule has 3 fully saturated rings. The monoisotopic (exact) mass is 854 g/mol. The Morgan fingerprint density at radius 2 is 1.72 bits per heavy atom. The molecular weight excluding hydrogens is 792 g/mol. The van der Waals surface area contributed by atoms with E-state index in [1.165, 1.54) is 0 Å². The first-order valence-corrected chi connectivity index (χ1v) is 21.4. The highest BCUT2D eigenvalue weighted by atomic mass is 35.5. The van der Waals surface area contributed by atoms with Crippen LogP contribution in [0.25, 0.3) is 6.08 Å². The minimum atomic E-state index is -1.38. The largest absolute Gasteiger partial charge is 0.458 e. The van der Waals surface area contributed by atoms with Gasteiger partial charge in [0.25, 0.3) is 0 Å². The average Bonchev–Trinajstić information content (AvgIpc) is 3.53. The van der Waals surface area contributed by atoms with Crippen molar-refractivity contribution < 1.29 is 52.7 Å². The van der Waals surface area contributed by atoms with Crippen LogP contribution in [0.3, 0.4) is 0 Å². The van der Waals surface area contributed by atoms with Crippen LogP contribution in [0, 0.1) is 23.7 Å². The number of aliphatic hydroxyl groups is 1. The van der Waals surface area contributed by atoms with Crippen molar-refractivity contribution in [2.45, 2.75) is 135 Å². The molecule has 60 heavy (non-hydrogen) atoms. The van der Waals surface area contributed by atoms with E-state index in [4.69, 9.17) is 40.0 Å². The Bertz CT molecular complexity index is 1840. The van der Waals surface area contributed by atoms with E-state index in [0.717, 1.165) is 5.56 Å². The number of aliphatic hydroxyl groups excluding tert-OH is 1. The lowest BCUT2D eigenvalue weighted by atomic mass is 9.73. The van der Waals surface area contributed by atoms with Crippen molar-refractivity contribution in [3.8, 4) is 0 Å². The zero-order chi connectivity index (χ0) is 44.1. The zero-order valence-electron chi connectivity index (χ0n) is 36.5. The van der Waals surface area contributed by atoms with Gasteiger partial charge in [-0.15, -0.1) is 0 Å². The van der Waals surface area contributed by atoms with Crippen LogP contribution in [-0.2, 0) is 38.0 Å². The highest BCUT2D eigenvalue weighted by Gasteiger charge is 2.57. The van der Waals surface area contributed by atoms with Crippen molar-refractivity contribution in [3.63, 3.8) is 0 Å². The molecule has 2 N–H and O–H groups in total. The maximum Gasteiger partial charge on any atom is 0.408 e. The normalized spacial score (nSPS) is 36.9. The number of nitrogens with one attached hydrogen (secondary N) is 1. The fourth-order valence-corrected chi connectivity index (χ4v) is 9.39. The lowest BCUT2D eigenvalue weighted by Gasteiger charge is -2.49. The Labute approximate surface area is 359 Å². The summed E-state index contributed by atoms with van der Waals surface area (Å²) in [6.45, 7) is 14.1. The van der Waals surface area contributed by atoms with Crippen LogP contribution >= 0.6 is 11.6 Å². The van der Waals surface area contributed by atoms with E-state index in [9.17, 15) is 24.3 Å². The van der Waals surface area contributed by atoms with Gasteiger partial charge in [-0.2, -0.15) is 0 Å². The van der Waals surface area contributed by atoms with Gasteiger partial charge in [-0.3, -0.25) is 9.59 Å². The Morgan fingerprint density at radius 1 is 1.02 bits per heavy atom. The number of nitrogens with zero attached hydrogens (tertiary/aromatic N) is 1. The van der Waals surface area contributed by atoms with Gasteiger partial charge in [0.05, 0.1) is 54.1 Å². The molecule has 0 aliphatic carbocycles. The number of benzene rings is 2. The van der Waals surface area contributed by atoms with Gasteiger partial charge >= 0.3 is 18.0 Å². The molecule has 2 aromatic rings. The molecule has 13 nitrogen and oxygen atoms in total. The number of cyclic esters (lactones) is 1. The number of Topliss-reactive ketones (excluding diaryl/α,β-unsaturated/α-hetero) is 1. The number of hydrogen-bond donors (Lipinski definition) is 2. The van der Waals surface area contributed by atoms with Crippen LogP contribution in [0.2, 0.25) is 5.02 Å². The number of carbonyl (C=O) groups is 4. The molecule has 1 amide bonds. The van der Waals surface area contributed by atoms with Crippen LogP contribution in [0.15, 0.2) is 60.7 Å². The van der Waals surface area contributed by atoms with Gasteiger partial charge in [-0.05, 0) is 90.9 Å². The van der Waals surface area contributed by atoms with Crippen LogP contribution in [0.1, 0.15) is 90.6 Å². The number of esters is 2. The predicted molar refractivity (Wildman–Crippen MR) is 226 cm³/mol. The van der Waals surface area contributed by atoms with E-state index in [2.05, 4.69) is 5.32 Å². The summed E-state index contributed by atoms with van der Waals surface area (Å²) in [5.74, 6) is -4.89. The molecule has 0 radical (unpaired) electrons. The van der Waals surface area contributed by atoms with E-state index < -0.39 is 89.7 Å². The number of hydrogen-bond acceptors (Lipinski definition) is 12. The molecular formula is C46H63ClN2O11. The van der Waals surface area contributed by atoms with Crippen molar-refractivity contribution in [2.75, 3.05) is 20.7 Å². The molecule has 5 rings (SSSR count). The number of fused-ring (bicyclic) bond motifs is 1. The lowest BCUT2D eigenvalue weighted by Crippen LogP contribution is -2.61. The summed E-state index contributed by atoms with van der Waals surface area (Å²) in [6, 6.07) is 14.8. The number of halogens is 1. The maximum atomic E-state index is 14.6. The summed E-state index contributed by atoms with van der Waals surface area (Å²) in [5.41, 5.74) is -1.54. The van der Waals surface area contributed by atoms with Crippen LogP contribution in [0.4, 0.5) is 4.79 Å². The quantitative estimate of drug-likeness (QED) is 0.189. The van der Waals surface area contributed by atoms with Crippen molar-refractivity contribution >= 4 is 41.5 Å². The zero-order valence-corrected chi connectivity index (χ0v) is 37.2. The van der Waals surface area contributed by atoms with Gasteiger partial charge in [-0.25, -0.2) is 9.59 Å². The minimum absolute atomic E-state index is 0.0528. The summed E-state index contributed by atoms with van der Waals surface area (Å²) in [5, 5.41) is 15.6. The third kappa shape index (κ3) is 10.6. The summed E-state index contributed by atoms with van der Waals surface area (Å²) < 4.78 is 38.5. The summed E-state index contributed by atoms with van der Waals surface area (Å²) in [6.07, 6.45) is -1.97. The standard InChI is InChI=1S/C46H63ClN2O11/c1-11-35-46(8)39(48-44(54)60-46)28(4)36(50)26(2)25-45(7,55-22-16-18-31-17-15-21-33(47)24-31)40(29(5)37(51)30(6)41(52)57-35)59-43-38(34(49(9)10)23-27(3)56-43)58-42(53)32-19-13-12-14-20-32/h12-21,24,26-30,34-35,37-40,43,51H,11,22-23,25H2,1-10H3,(H,48,54)/b18-16+/t26-,27-,28-,29+,30-,34+,35+,37-,38-,39-,40-,43+,45+,46-/m1/s1. The van der Waals surface area contributed by atoms with E-state index in [1.807, 2.05) is 69.3 Å². The van der Waals surface area contributed by atoms with Gasteiger partial charge in [0.2, 0.25) is 0 Å². The Hall–Kier alpha value is -3.85. The fourth-order valence-electron chi connectivity index (χ4n) is 9.19. The number of alkyl carbamates (subject to hydrolysis) is 1. The van der Waals surface area contributed by atoms with Gasteiger partial charge in [0.1, 0.15) is 11.9 Å². The second-order valence-corrected chi connectivity index (χ2v) is 17.9. The SMILES string of the molecule is CC[C@@H]1OC(=O)[C@H](C)[C@H](O)[C@H](C)[C@@H](O[C@@H]2O[C@H](C)C[C@H](N(C)C)[C@H]2OC(=O)c2ccccc2)[C@@](C)(OC/C=C/c2cccc(Cl)c2)C[C@@H](C)C(=O)[C@@H](C)[C@H]2NC(=O)O[C@]12C. The molecule has 330 valence electrons. The minimum Gasteiger partial charge on any atom is -0.458 e. The Kier molecular flexibility index (Phi) is 15.7. The molecule has 3 heterocycles. The second kappa shape index (κ2) is 19.9. The first-order chi connectivity index (χ1) is 28.3. The van der Waals surface area contributed by atoms with Crippen molar-refractivity contribution in [2.24, 2.45) is 23.7 Å². The molecule has 0 bridgehead atoms. The molecule has 3 saturated heterocycles. The van der Waals surface area contributed by atoms with E-state index in [1.54, 1.807) is 71.9 Å². The highest BCUT2D eigenvalue weighted by Crippen LogP contribution is 2.41. The number of rotatable bonds is 10. The predicted octanol–water partition coefficient (Wildman–Crippen LogP) is 6.87. The number of ether oxygens (including phenoxy) is 6. The van der Waals surface area contributed by atoms with Crippen molar-refractivity contribution in [1.82, 2.24) is 10.2 Å². The summed E-state index contributed by atoms with van der Waals surface area (Å²) >= 11 is 6.25. The first-order valence-electron chi connectivity index (χ1n) is 21.0. The molecule has 3 aliphatic heterocycles. The Morgan fingerprint density at radius 3 is 2.37 bits per heavy atom.